The van der Waals surface area contributed by atoms with Gasteiger partial charge in [0.05, 0.1) is 0 Å². The van der Waals surface area contributed by atoms with Crippen molar-refractivity contribution >= 4 is 11.3 Å². The minimum Gasteiger partial charge on any atom is -0.305 e. The highest BCUT2D eigenvalue weighted by atomic mass is 32.1. The molecular formula is C17H21NS. The van der Waals surface area contributed by atoms with Crippen LogP contribution in [0, 0.1) is 19.8 Å². The predicted molar refractivity (Wildman–Crippen MR) is 82.5 cm³/mol. The second kappa shape index (κ2) is 5.48. The Hall–Kier alpha value is -1.12. The summed E-state index contributed by atoms with van der Waals surface area (Å²) in [5.41, 5.74) is 2.86. The summed E-state index contributed by atoms with van der Waals surface area (Å²) in [5, 5.41) is 3.77. The van der Waals surface area contributed by atoms with Gasteiger partial charge in [-0.05, 0) is 49.8 Å². The van der Waals surface area contributed by atoms with Crippen LogP contribution < -0.4 is 5.32 Å². The van der Waals surface area contributed by atoms with E-state index in [1.807, 2.05) is 11.3 Å². The molecule has 1 unspecified atom stereocenters. The van der Waals surface area contributed by atoms with Crippen LogP contribution in [-0.4, -0.2) is 0 Å². The van der Waals surface area contributed by atoms with Crippen molar-refractivity contribution in [2.45, 2.75) is 39.3 Å². The summed E-state index contributed by atoms with van der Waals surface area (Å²) in [4.78, 5) is 2.90. The molecule has 19 heavy (non-hydrogen) atoms. The van der Waals surface area contributed by atoms with E-state index in [1.54, 1.807) is 0 Å². The lowest BCUT2D eigenvalue weighted by molar-refractivity contribution is 0.482. The molecule has 1 saturated carbocycles. The summed E-state index contributed by atoms with van der Waals surface area (Å²) in [5.74, 6) is 0.838. The van der Waals surface area contributed by atoms with Crippen molar-refractivity contribution in [1.82, 2.24) is 5.32 Å². The molecule has 2 aromatic rings. The number of benzene rings is 1. The number of rotatable bonds is 5. The molecule has 1 nitrogen and oxygen atoms in total. The smallest absolute Gasteiger partial charge is 0.0351 e. The molecule has 100 valence electrons. The lowest BCUT2D eigenvalue weighted by atomic mass is 10.0. The van der Waals surface area contributed by atoms with Crippen LogP contribution >= 0.6 is 11.3 Å². The zero-order valence-corrected chi connectivity index (χ0v) is 12.5. The van der Waals surface area contributed by atoms with Gasteiger partial charge in [-0.3, -0.25) is 0 Å². The number of hydrogen-bond acceptors (Lipinski definition) is 2. The van der Waals surface area contributed by atoms with Gasteiger partial charge < -0.3 is 5.32 Å². The van der Waals surface area contributed by atoms with Crippen LogP contribution in [0.4, 0.5) is 0 Å². The summed E-state index contributed by atoms with van der Waals surface area (Å²) in [7, 11) is 0. The molecule has 1 fully saturated rings. The third kappa shape index (κ3) is 3.07. The maximum atomic E-state index is 3.77. The first-order valence-corrected chi connectivity index (χ1v) is 7.90. The highest BCUT2D eigenvalue weighted by Crippen LogP contribution is 2.41. The van der Waals surface area contributed by atoms with Gasteiger partial charge >= 0.3 is 0 Å². The zero-order chi connectivity index (χ0) is 13.2. The number of thiophene rings is 1. The van der Waals surface area contributed by atoms with Gasteiger partial charge in [-0.1, -0.05) is 30.3 Å². The highest BCUT2D eigenvalue weighted by Gasteiger charge is 2.31. The molecule has 1 aliphatic carbocycles. The molecule has 1 heterocycles. The van der Waals surface area contributed by atoms with E-state index in [0.717, 1.165) is 12.5 Å². The molecule has 0 amide bonds. The first-order chi connectivity index (χ1) is 9.24. The third-order valence-electron chi connectivity index (χ3n) is 3.97. The van der Waals surface area contributed by atoms with Crippen LogP contribution in [-0.2, 0) is 6.54 Å². The summed E-state index contributed by atoms with van der Waals surface area (Å²) < 4.78 is 0. The molecule has 0 spiro atoms. The molecule has 3 rings (SSSR count). The monoisotopic (exact) mass is 271 g/mol. The van der Waals surface area contributed by atoms with Gasteiger partial charge in [0.25, 0.3) is 0 Å². The van der Waals surface area contributed by atoms with E-state index in [2.05, 4.69) is 55.6 Å². The van der Waals surface area contributed by atoms with E-state index in [-0.39, 0.29) is 0 Å². The number of aryl methyl sites for hydroxylation is 2. The van der Waals surface area contributed by atoms with Gasteiger partial charge in [-0.2, -0.15) is 0 Å². The van der Waals surface area contributed by atoms with E-state index in [4.69, 9.17) is 0 Å². The lowest BCUT2D eigenvalue weighted by Gasteiger charge is -2.18. The van der Waals surface area contributed by atoms with E-state index >= 15 is 0 Å². The average molecular weight is 271 g/mol. The lowest BCUT2D eigenvalue weighted by Crippen LogP contribution is -2.22. The van der Waals surface area contributed by atoms with Gasteiger partial charge in [-0.25, -0.2) is 0 Å². The van der Waals surface area contributed by atoms with Crippen LogP contribution in [0.1, 0.15) is 39.8 Å². The molecule has 0 saturated heterocycles. The Morgan fingerprint density at radius 2 is 1.95 bits per heavy atom. The van der Waals surface area contributed by atoms with Crippen molar-refractivity contribution < 1.29 is 0 Å². The van der Waals surface area contributed by atoms with Crippen molar-refractivity contribution in [2.24, 2.45) is 5.92 Å². The Labute approximate surface area is 119 Å². The van der Waals surface area contributed by atoms with Gasteiger partial charge in [0, 0.05) is 22.3 Å². The molecule has 2 heteroatoms. The largest absolute Gasteiger partial charge is 0.305 e. The summed E-state index contributed by atoms with van der Waals surface area (Å²) in [6.45, 7) is 5.40. The Kier molecular flexibility index (Phi) is 3.72. The highest BCUT2D eigenvalue weighted by molar-refractivity contribution is 7.12. The van der Waals surface area contributed by atoms with Gasteiger partial charge in [-0.15, -0.1) is 11.3 Å². The molecule has 1 atom stereocenters. The van der Waals surface area contributed by atoms with Crippen molar-refractivity contribution in [3.8, 4) is 0 Å². The van der Waals surface area contributed by atoms with Crippen LogP contribution in [0.25, 0.3) is 0 Å². The molecule has 1 aliphatic rings. The minimum absolute atomic E-state index is 0.531. The predicted octanol–water partition coefficient (Wildman–Crippen LogP) is 4.61. The van der Waals surface area contributed by atoms with Crippen molar-refractivity contribution in [3.63, 3.8) is 0 Å². The Morgan fingerprint density at radius 1 is 1.21 bits per heavy atom. The van der Waals surface area contributed by atoms with Gasteiger partial charge in [0.2, 0.25) is 0 Å². The molecule has 1 aromatic heterocycles. The van der Waals surface area contributed by atoms with E-state index in [1.165, 1.54) is 33.7 Å². The molecule has 0 bridgehead atoms. The van der Waals surface area contributed by atoms with Crippen molar-refractivity contribution in [3.05, 3.63) is 57.3 Å². The normalized spacial score (nSPS) is 16.5. The summed E-state index contributed by atoms with van der Waals surface area (Å²) >= 11 is 1.92. The van der Waals surface area contributed by atoms with Crippen molar-refractivity contribution in [1.29, 1.82) is 0 Å². The fourth-order valence-electron chi connectivity index (χ4n) is 2.59. The Balaban J connectivity index is 1.69. The van der Waals surface area contributed by atoms with Crippen LogP contribution in [0.3, 0.4) is 0 Å². The molecule has 1 N–H and O–H groups in total. The average Bonchev–Trinajstić information content (AvgIpc) is 3.19. The van der Waals surface area contributed by atoms with E-state index in [0.29, 0.717) is 6.04 Å². The van der Waals surface area contributed by atoms with Crippen LogP contribution in [0.5, 0.6) is 0 Å². The Morgan fingerprint density at radius 3 is 2.53 bits per heavy atom. The maximum absolute atomic E-state index is 3.77. The fraction of sp³-hybridized carbons (Fsp3) is 0.412. The van der Waals surface area contributed by atoms with E-state index < -0.39 is 0 Å². The molecule has 0 radical (unpaired) electrons. The first-order valence-electron chi connectivity index (χ1n) is 7.08. The van der Waals surface area contributed by atoms with Gasteiger partial charge in [0.1, 0.15) is 0 Å². The number of nitrogens with one attached hydrogen (secondary N) is 1. The van der Waals surface area contributed by atoms with Crippen LogP contribution in [0.2, 0.25) is 0 Å². The maximum Gasteiger partial charge on any atom is 0.0351 e. The standard InChI is InChI=1S/C17H21NS/c1-12-10-16(19-13(12)2)11-18-17(15-8-9-15)14-6-4-3-5-7-14/h3-7,10,15,17-18H,8-9,11H2,1-2H3. The second-order valence-electron chi connectivity index (χ2n) is 5.56. The zero-order valence-electron chi connectivity index (χ0n) is 11.6. The van der Waals surface area contributed by atoms with Crippen molar-refractivity contribution in [2.75, 3.05) is 0 Å². The SMILES string of the molecule is Cc1cc(CNC(c2ccccc2)C2CC2)sc1C. The molecule has 1 aromatic carbocycles. The fourth-order valence-corrected chi connectivity index (χ4v) is 3.60. The summed E-state index contributed by atoms with van der Waals surface area (Å²) in [6.07, 6.45) is 2.74. The summed E-state index contributed by atoms with van der Waals surface area (Å²) in [6, 6.07) is 13.7. The second-order valence-corrected chi connectivity index (χ2v) is 6.90. The quantitative estimate of drug-likeness (QED) is 0.837. The topological polar surface area (TPSA) is 12.0 Å². The molecular weight excluding hydrogens is 250 g/mol. The van der Waals surface area contributed by atoms with Gasteiger partial charge in [0.15, 0.2) is 0 Å². The van der Waals surface area contributed by atoms with E-state index in [9.17, 15) is 0 Å². The Bertz CT molecular complexity index is 520. The third-order valence-corrected chi connectivity index (χ3v) is 5.12. The molecule has 0 aliphatic heterocycles. The van der Waals surface area contributed by atoms with Crippen LogP contribution in [0.15, 0.2) is 36.4 Å². The minimum atomic E-state index is 0.531. The first kappa shape index (κ1) is 12.9. The number of hydrogen-bond donors (Lipinski definition) is 1.